The van der Waals surface area contributed by atoms with Gasteiger partial charge in [-0.05, 0) is 61.7 Å². The highest BCUT2D eigenvalue weighted by Gasteiger charge is 2.09. The van der Waals surface area contributed by atoms with Gasteiger partial charge in [-0.3, -0.25) is 9.59 Å². The number of nitrogens with one attached hydrogen (secondary N) is 2. The van der Waals surface area contributed by atoms with Gasteiger partial charge in [-0.15, -0.1) is 0 Å². The summed E-state index contributed by atoms with van der Waals surface area (Å²) in [6.07, 6.45) is 1.63. The smallest absolute Gasteiger partial charge is 0.240 e. The predicted octanol–water partition coefficient (Wildman–Crippen LogP) is 3.58. The highest BCUT2D eigenvalue weighted by Crippen LogP contribution is 2.27. The molecule has 0 saturated heterocycles. The third kappa shape index (κ3) is 6.95. The number of carbonyl (C=O) groups is 2. The maximum Gasteiger partial charge on any atom is 0.240 e. The summed E-state index contributed by atoms with van der Waals surface area (Å²) in [5.74, 6) is 0.682. The third-order valence-corrected chi connectivity index (χ3v) is 4.14. The Kier molecular flexibility index (Phi) is 8.21. The summed E-state index contributed by atoms with van der Waals surface area (Å²) >= 11 is 0. The van der Waals surface area contributed by atoms with Crippen LogP contribution in [0.1, 0.15) is 36.5 Å². The Morgan fingerprint density at radius 2 is 1.79 bits per heavy atom. The van der Waals surface area contributed by atoms with Gasteiger partial charge in [-0.25, -0.2) is 5.43 Å². The van der Waals surface area contributed by atoms with E-state index in [9.17, 15) is 9.59 Å². The maximum atomic E-state index is 12.1. The highest BCUT2D eigenvalue weighted by molar-refractivity contribution is 5.94. The van der Waals surface area contributed by atoms with Gasteiger partial charge in [0.2, 0.25) is 11.8 Å². The standard InChI is InChI=1S/C22H27N3O4/c1-5-29-20-13-17(8-9-19(20)28-4)14-23-25-22(27)11-10-21(26)24-18-12-15(2)6-7-16(18)3/h6-9,12-14H,5,10-11H2,1-4H3,(H,24,26)(H,25,27). The first kappa shape index (κ1) is 21.9. The summed E-state index contributed by atoms with van der Waals surface area (Å²) < 4.78 is 10.7. The quantitative estimate of drug-likeness (QED) is 0.500. The summed E-state index contributed by atoms with van der Waals surface area (Å²) in [5, 5.41) is 6.77. The normalized spacial score (nSPS) is 10.6. The molecule has 0 aliphatic carbocycles. The molecule has 2 aromatic rings. The van der Waals surface area contributed by atoms with Crippen LogP contribution in [-0.4, -0.2) is 31.7 Å². The van der Waals surface area contributed by atoms with Gasteiger partial charge in [0.1, 0.15) is 0 Å². The van der Waals surface area contributed by atoms with Crippen LogP contribution in [0.25, 0.3) is 0 Å². The molecular weight excluding hydrogens is 370 g/mol. The molecule has 154 valence electrons. The van der Waals surface area contributed by atoms with Crippen LogP contribution in [-0.2, 0) is 9.59 Å². The molecule has 7 nitrogen and oxygen atoms in total. The van der Waals surface area contributed by atoms with Gasteiger partial charge in [-0.1, -0.05) is 12.1 Å². The summed E-state index contributed by atoms with van der Waals surface area (Å²) in [5.41, 5.74) is 5.98. The van der Waals surface area contributed by atoms with Crippen molar-refractivity contribution in [3.05, 3.63) is 53.1 Å². The van der Waals surface area contributed by atoms with E-state index in [-0.39, 0.29) is 24.7 Å². The van der Waals surface area contributed by atoms with Crippen molar-refractivity contribution < 1.29 is 19.1 Å². The Morgan fingerprint density at radius 3 is 2.52 bits per heavy atom. The van der Waals surface area contributed by atoms with Gasteiger partial charge in [0.05, 0.1) is 19.9 Å². The van der Waals surface area contributed by atoms with Gasteiger partial charge < -0.3 is 14.8 Å². The molecule has 0 aliphatic rings. The van der Waals surface area contributed by atoms with Gasteiger partial charge in [0.25, 0.3) is 0 Å². The molecule has 7 heteroatoms. The molecule has 2 N–H and O–H groups in total. The topological polar surface area (TPSA) is 89.0 Å². The van der Waals surface area contributed by atoms with Crippen molar-refractivity contribution in [1.29, 1.82) is 0 Å². The minimum absolute atomic E-state index is 0.0425. The van der Waals surface area contributed by atoms with E-state index in [0.29, 0.717) is 18.1 Å². The number of rotatable bonds is 9. The van der Waals surface area contributed by atoms with Crippen LogP contribution in [0, 0.1) is 13.8 Å². The number of anilines is 1. The monoisotopic (exact) mass is 397 g/mol. The number of hydrogen-bond acceptors (Lipinski definition) is 5. The lowest BCUT2D eigenvalue weighted by molar-refractivity contribution is -0.124. The molecule has 0 atom stereocenters. The molecule has 0 fully saturated rings. The average molecular weight is 397 g/mol. The molecule has 2 aromatic carbocycles. The number of ether oxygens (including phenoxy) is 2. The second kappa shape index (κ2) is 10.8. The summed E-state index contributed by atoms with van der Waals surface area (Å²) in [6.45, 7) is 6.28. The average Bonchev–Trinajstić information content (AvgIpc) is 2.70. The van der Waals surface area contributed by atoms with Gasteiger partial charge in [0, 0.05) is 18.5 Å². The first-order valence-electron chi connectivity index (χ1n) is 9.42. The molecule has 0 aliphatic heterocycles. The molecule has 0 radical (unpaired) electrons. The van der Waals surface area contributed by atoms with Crippen molar-refractivity contribution in [2.24, 2.45) is 5.10 Å². The first-order chi connectivity index (χ1) is 13.9. The molecular formula is C22H27N3O4. The Labute approximate surface area is 171 Å². The van der Waals surface area contributed by atoms with Crippen molar-refractivity contribution in [2.45, 2.75) is 33.6 Å². The first-order valence-corrected chi connectivity index (χ1v) is 9.42. The summed E-state index contributed by atoms with van der Waals surface area (Å²) in [6, 6.07) is 11.2. The lowest BCUT2D eigenvalue weighted by atomic mass is 10.1. The second-order valence-corrected chi connectivity index (χ2v) is 6.50. The van der Waals surface area contributed by atoms with E-state index in [2.05, 4.69) is 15.8 Å². The van der Waals surface area contributed by atoms with E-state index < -0.39 is 0 Å². The summed E-state index contributed by atoms with van der Waals surface area (Å²) in [7, 11) is 1.57. The lowest BCUT2D eigenvalue weighted by Gasteiger charge is -2.09. The molecule has 0 unspecified atom stereocenters. The van der Waals surface area contributed by atoms with Crippen LogP contribution in [0.4, 0.5) is 5.69 Å². The number of hydrazone groups is 1. The predicted molar refractivity (Wildman–Crippen MR) is 114 cm³/mol. The minimum Gasteiger partial charge on any atom is -0.493 e. The molecule has 29 heavy (non-hydrogen) atoms. The maximum absolute atomic E-state index is 12.1. The van der Waals surface area contributed by atoms with E-state index in [1.807, 2.05) is 39.0 Å². The molecule has 0 bridgehead atoms. The van der Waals surface area contributed by atoms with Crippen molar-refractivity contribution in [3.63, 3.8) is 0 Å². The molecule has 0 heterocycles. The van der Waals surface area contributed by atoms with E-state index in [1.165, 1.54) is 6.21 Å². The van der Waals surface area contributed by atoms with Crippen LogP contribution in [0.3, 0.4) is 0 Å². The summed E-state index contributed by atoms with van der Waals surface area (Å²) in [4.78, 5) is 24.0. The third-order valence-electron chi connectivity index (χ3n) is 4.14. The van der Waals surface area contributed by atoms with Crippen molar-refractivity contribution in [2.75, 3.05) is 19.0 Å². The SMILES string of the molecule is CCOc1cc(C=NNC(=O)CCC(=O)Nc2cc(C)ccc2C)ccc1OC. The number of methoxy groups -OCH3 is 1. The number of amides is 2. The van der Waals surface area contributed by atoms with E-state index in [4.69, 9.17) is 9.47 Å². The Morgan fingerprint density at radius 1 is 1.03 bits per heavy atom. The Bertz CT molecular complexity index is 894. The van der Waals surface area contributed by atoms with Crippen LogP contribution >= 0.6 is 0 Å². The van der Waals surface area contributed by atoms with Gasteiger partial charge in [-0.2, -0.15) is 5.10 Å². The number of nitrogens with zero attached hydrogens (tertiary/aromatic N) is 1. The number of aryl methyl sites for hydroxylation is 2. The van der Waals surface area contributed by atoms with Crippen LogP contribution in [0.2, 0.25) is 0 Å². The minimum atomic E-state index is -0.337. The van der Waals surface area contributed by atoms with Crippen molar-refractivity contribution in [1.82, 2.24) is 5.43 Å². The van der Waals surface area contributed by atoms with Gasteiger partial charge >= 0.3 is 0 Å². The Balaban J connectivity index is 1.82. The highest BCUT2D eigenvalue weighted by atomic mass is 16.5. The van der Waals surface area contributed by atoms with E-state index in [1.54, 1.807) is 25.3 Å². The van der Waals surface area contributed by atoms with Crippen molar-refractivity contribution >= 4 is 23.7 Å². The number of hydrogen-bond donors (Lipinski definition) is 2. The molecule has 0 saturated carbocycles. The molecule has 0 aromatic heterocycles. The lowest BCUT2D eigenvalue weighted by Crippen LogP contribution is -2.21. The molecule has 0 spiro atoms. The number of benzene rings is 2. The van der Waals surface area contributed by atoms with Crippen LogP contribution < -0.4 is 20.2 Å². The molecule has 2 rings (SSSR count). The van der Waals surface area contributed by atoms with Crippen LogP contribution in [0.5, 0.6) is 11.5 Å². The van der Waals surface area contributed by atoms with Crippen molar-refractivity contribution in [3.8, 4) is 11.5 Å². The molecule has 2 amide bonds. The van der Waals surface area contributed by atoms with E-state index in [0.717, 1.165) is 22.4 Å². The fraction of sp³-hybridized carbons (Fsp3) is 0.318. The zero-order valence-corrected chi connectivity index (χ0v) is 17.2. The Hall–Kier alpha value is -3.35. The van der Waals surface area contributed by atoms with E-state index >= 15 is 0 Å². The second-order valence-electron chi connectivity index (χ2n) is 6.50. The fourth-order valence-corrected chi connectivity index (χ4v) is 2.59. The number of carbonyl (C=O) groups excluding carboxylic acids is 2. The largest absolute Gasteiger partial charge is 0.493 e. The zero-order valence-electron chi connectivity index (χ0n) is 17.2. The van der Waals surface area contributed by atoms with Gasteiger partial charge in [0.15, 0.2) is 11.5 Å². The zero-order chi connectivity index (χ0) is 21.2. The van der Waals surface area contributed by atoms with Crippen LogP contribution in [0.15, 0.2) is 41.5 Å². The fourth-order valence-electron chi connectivity index (χ4n) is 2.59.